The van der Waals surface area contributed by atoms with Crippen LogP contribution in [0.3, 0.4) is 0 Å². The summed E-state index contributed by atoms with van der Waals surface area (Å²) in [5.74, 6) is 1.23. The van der Waals surface area contributed by atoms with Crippen LogP contribution in [0.15, 0.2) is 18.2 Å². The zero-order valence-electron chi connectivity index (χ0n) is 15.1. The molecule has 0 spiro atoms. The first-order valence-electron chi connectivity index (χ1n) is 9.06. The minimum Gasteiger partial charge on any atom is -0.493 e. The van der Waals surface area contributed by atoms with Crippen LogP contribution in [0.4, 0.5) is 0 Å². The average molecular weight is 348 g/mol. The van der Waals surface area contributed by atoms with Gasteiger partial charge >= 0.3 is 0 Å². The standard InChI is InChI=1S/C19H28N2O4/c1-14-6-7-17(18(12-14)24-2)25-13-19(23)21-10-8-20(9-11-21)15-4-3-5-16(15)22/h6-7,12,15-16,22H,3-5,8-11,13H2,1-2H3/t15-,16-/m1/s1. The predicted molar refractivity (Wildman–Crippen MR) is 95.0 cm³/mol. The van der Waals surface area contributed by atoms with Crippen molar-refractivity contribution in [3.05, 3.63) is 23.8 Å². The second-order valence-corrected chi connectivity index (χ2v) is 6.93. The number of nitrogens with zero attached hydrogens (tertiary/aromatic N) is 2. The molecule has 1 saturated carbocycles. The van der Waals surface area contributed by atoms with Crippen molar-refractivity contribution >= 4 is 5.91 Å². The molecule has 1 aliphatic carbocycles. The Bertz CT molecular complexity index is 599. The van der Waals surface area contributed by atoms with Gasteiger partial charge in [-0.3, -0.25) is 9.69 Å². The van der Waals surface area contributed by atoms with Crippen molar-refractivity contribution in [2.24, 2.45) is 0 Å². The van der Waals surface area contributed by atoms with Crippen LogP contribution in [0.2, 0.25) is 0 Å². The number of rotatable bonds is 5. The Labute approximate surface area is 149 Å². The van der Waals surface area contributed by atoms with Crippen LogP contribution < -0.4 is 9.47 Å². The second kappa shape index (κ2) is 8.06. The highest BCUT2D eigenvalue weighted by Gasteiger charge is 2.33. The van der Waals surface area contributed by atoms with Crippen molar-refractivity contribution in [3.8, 4) is 11.5 Å². The lowest BCUT2D eigenvalue weighted by atomic mass is 10.1. The van der Waals surface area contributed by atoms with Crippen LogP contribution in [0, 0.1) is 6.92 Å². The van der Waals surface area contributed by atoms with Gasteiger partial charge in [-0.15, -0.1) is 0 Å². The number of aliphatic hydroxyl groups excluding tert-OH is 1. The van der Waals surface area contributed by atoms with E-state index in [2.05, 4.69) is 4.90 Å². The van der Waals surface area contributed by atoms with Crippen LogP contribution in [0.1, 0.15) is 24.8 Å². The fraction of sp³-hybridized carbons (Fsp3) is 0.632. The topological polar surface area (TPSA) is 62.2 Å². The van der Waals surface area contributed by atoms with E-state index in [0.717, 1.165) is 37.9 Å². The van der Waals surface area contributed by atoms with Gasteiger partial charge in [0.05, 0.1) is 13.2 Å². The molecule has 1 aliphatic heterocycles. The molecule has 1 amide bonds. The van der Waals surface area contributed by atoms with Crippen LogP contribution in [-0.2, 0) is 4.79 Å². The average Bonchev–Trinajstić information content (AvgIpc) is 3.06. The summed E-state index contributed by atoms with van der Waals surface area (Å²) < 4.78 is 11.0. The first-order chi connectivity index (χ1) is 12.1. The number of ether oxygens (including phenoxy) is 2. The van der Waals surface area contributed by atoms with E-state index in [4.69, 9.17) is 9.47 Å². The highest BCUT2D eigenvalue weighted by atomic mass is 16.5. The van der Waals surface area contributed by atoms with Crippen molar-refractivity contribution < 1.29 is 19.4 Å². The molecule has 3 rings (SSSR count). The Hall–Kier alpha value is -1.79. The zero-order chi connectivity index (χ0) is 17.8. The summed E-state index contributed by atoms with van der Waals surface area (Å²) in [6.45, 7) is 5.03. The smallest absolute Gasteiger partial charge is 0.260 e. The van der Waals surface area contributed by atoms with E-state index < -0.39 is 0 Å². The van der Waals surface area contributed by atoms with Gasteiger partial charge in [-0.05, 0) is 43.9 Å². The number of benzene rings is 1. The fourth-order valence-electron chi connectivity index (χ4n) is 3.77. The molecular weight excluding hydrogens is 320 g/mol. The number of hydrogen-bond acceptors (Lipinski definition) is 5. The number of aliphatic hydroxyl groups is 1. The number of carbonyl (C=O) groups excluding carboxylic acids is 1. The van der Waals surface area contributed by atoms with E-state index in [0.29, 0.717) is 24.6 Å². The Morgan fingerprint density at radius 1 is 1.20 bits per heavy atom. The van der Waals surface area contributed by atoms with Gasteiger partial charge in [-0.25, -0.2) is 0 Å². The third kappa shape index (κ3) is 4.25. The molecule has 1 aromatic carbocycles. The summed E-state index contributed by atoms with van der Waals surface area (Å²) in [7, 11) is 1.60. The molecule has 1 aromatic rings. The van der Waals surface area contributed by atoms with Gasteiger partial charge in [0.1, 0.15) is 0 Å². The number of aryl methyl sites for hydroxylation is 1. The Kier molecular flexibility index (Phi) is 5.81. The molecule has 0 bridgehead atoms. The highest BCUT2D eigenvalue weighted by Crippen LogP contribution is 2.28. The van der Waals surface area contributed by atoms with E-state index in [1.165, 1.54) is 0 Å². The van der Waals surface area contributed by atoms with E-state index in [-0.39, 0.29) is 24.7 Å². The molecule has 2 fully saturated rings. The lowest BCUT2D eigenvalue weighted by Crippen LogP contribution is -2.54. The van der Waals surface area contributed by atoms with E-state index in [9.17, 15) is 9.90 Å². The maximum atomic E-state index is 12.4. The molecule has 0 radical (unpaired) electrons. The molecule has 1 N–H and O–H groups in total. The molecule has 6 heteroatoms. The van der Waals surface area contributed by atoms with Crippen molar-refractivity contribution in [2.75, 3.05) is 39.9 Å². The number of hydrogen-bond donors (Lipinski definition) is 1. The molecule has 1 saturated heterocycles. The monoisotopic (exact) mass is 348 g/mol. The number of carbonyl (C=O) groups is 1. The minimum atomic E-state index is -0.209. The van der Waals surface area contributed by atoms with Crippen molar-refractivity contribution in [2.45, 2.75) is 38.3 Å². The largest absolute Gasteiger partial charge is 0.493 e. The summed E-state index contributed by atoms with van der Waals surface area (Å²) in [6.07, 6.45) is 2.85. The van der Waals surface area contributed by atoms with Gasteiger partial charge in [-0.2, -0.15) is 0 Å². The lowest BCUT2D eigenvalue weighted by molar-refractivity contribution is -0.135. The first kappa shape index (κ1) is 18.0. The Morgan fingerprint density at radius 3 is 2.60 bits per heavy atom. The molecule has 25 heavy (non-hydrogen) atoms. The predicted octanol–water partition coefficient (Wildman–Crippen LogP) is 1.44. The number of amides is 1. The van der Waals surface area contributed by atoms with E-state index in [1.807, 2.05) is 30.0 Å². The molecule has 2 atom stereocenters. The van der Waals surface area contributed by atoms with Gasteiger partial charge in [0.2, 0.25) is 0 Å². The first-order valence-corrected chi connectivity index (χ1v) is 9.06. The SMILES string of the molecule is COc1cc(C)ccc1OCC(=O)N1CCN([C@@H]2CCC[C@H]2O)CC1. The third-order valence-electron chi connectivity index (χ3n) is 5.25. The quantitative estimate of drug-likeness (QED) is 0.872. The second-order valence-electron chi connectivity index (χ2n) is 6.93. The summed E-state index contributed by atoms with van der Waals surface area (Å²) in [4.78, 5) is 16.6. The van der Waals surface area contributed by atoms with Crippen molar-refractivity contribution in [1.82, 2.24) is 9.80 Å². The van der Waals surface area contributed by atoms with Gasteiger partial charge in [0.15, 0.2) is 18.1 Å². The van der Waals surface area contributed by atoms with E-state index in [1.54, 1.807) is 7.11 Å². The fourth-order valence-corrected chi connectivity index (χ4v) is 3.77. The maximum absolute atomic E-state index is 12.4. The molecule has 0 aromatic heterocycles. The summed E-state index contributed by atoms with van der Waals surface area (Å²) in [5.41, 5.74) is 1.08. The van der Waals surface area contributed by atoms with Crippen molar-refractivity contribution in [1.29, 1.82) is 0 Å². The third-order valence-corrected chi connectivity index (χ3v) is 5.25. The molecule has 2 aliphatic rings. The number of methoxy groups -OCH3 is 1. The molecule has 0 unspecified atom stereocenters. The molecule has 6 nitrogen and oxygen atoms in total. The van der Waals surface area contributed by atoms with Gasteiger partial charge in [0, 0.05) is 32.2 Å². The van der Waals surface area contributed by atoms with Gasteiger partial charge in [-0.1, -0.05) is 6.07 Å². The maximum Gasteiger partial charge on any atom is 0.260 e. The summed E-state index contributed by atoms with van der Waals surface area (Å²) in [5, 5.41) is 10.0. The van der Waals surface area contributed by atoms with E-state index >= 15 is 0 Å². The van der Waals surface area contributed by atoms with Crippen LogP contribution in [0.5, 0.6) is 11.5 Å². The lowest BCUT2D eigenvalue weighted by Gasteiger charge is -2.39. The van der Waals surface area contributed by atoms with Crippen molar-refractivity contribution in [3.63, 3.8) is 0 Å². The normalized spacial score (nSPS) is 24.4. The Balaban J connectivity index is 1.48. The van der Waals surface area contributed by atoms with Crippen LogP contribution in [-0.4, -0.2) is 72.9 Å². The Morgan fingerprint density at radius 2 is 1.96 bits per heavy atom. The highest BCUT2D eigenvalue weighted by molar-refractivity contribution is 5.78. The summed E-state index contributed by atoms with van der Waals surface area (Å²) >= 11 is 0. The minimum absolute atomic E-state index is 0.00533. The van der Waals surface area contributed by atoms with Crippen LogP contribution in [0.25, 0.3) is 0 Å². The van der Waals surface area contributed by atoms with Crippen LogP contribution >= 0.6 is 0 Å². The van der Waals surface area contributed by atoms with Gasteiger partial charge < -0.3 is 19.5 Å². The summed E-state index contributed by atoms with van der Waals surface area (Å²) in [6, 6.07) is 5.94. The number of piperazine rings is 1. The molecular formula is C19H28N2O4. The zero-order valence-corrected chi connectivity index (χ0v) is 15.1. The molecule has 1 heterocycles. The molecule has 138 valence electrons. The van der Waals surface area contributed by atoms with Gasteiger partial charge in [0.25, 0.3) is 5.91 Å².